The van der Waals surface area contributed by atoms with Gasteiger partial charge in [-0.2, -0.15) is 9.41 Å². The molecule has 0 radical (unpaired) electrons. The Morgan fingerprint density at radius 3 is 2.42 bits per heavy atom. The molecule has 0 bridgehead atoms. The molecule has 0 unspecified atom stereocenters. The third-order valence-electron chi connectivity index (χ3n) is 6.75. The van der Waals surface area contributed by atoms with E-state index < -0.39 is 15.9 Å². The highest BCUT2D eigenvalue weighted by molar-refractivity contribution is 7.89. The molecule has 10 heteroatoms. The van der Waals surface area contributed by atoms with Gasteiger partial charge in [-0.3, -0.25) is 4.79 Å². The predicted molar refractivity (Wildman–Crippen MR) is 153 cm³/mol. The van der Waals surface area contributed by atoms with E-state index in [-0.39, 0.29) is 17.5 Å². The summed E-state index contributed by atoms with van der Waals surface area (Å²) >= 11 is 0. The van der Waals surface area contributed by atoms with Crippen LogP contribution in [0.15, 0.2) is 82.8 Å². The van der Waals surface area contributed by atoms with Crippen molar-refractivity contribution in [3.8, 4) is 17.2 Å². The Morgan fingerprint density at radius 1 is 0.950 bits per heavy atom. The number of sulfonamides is 1. The van der Waals surface area contributed by atoms with Crippen LogP contribution in [0.2, 0.25) is 0 Å². The molecule has 1 amide bonds. The second-order valence-corrected chi connectivity index (χ2v) is 11.4. The molecule has 0 spiro atoms. The molecule has 0 aromatic heterocycles. The van der Waals surface area contributed by atoms with Gasteiger partial charge in [0.1, 0.15) is 12.4 Å². The van der Waals surface area contributed by atoms with Crippen LogP contribution in [-0.2, 0) is 21.4 Å². The van der Waals surface area contributed by atoms with Crippen LogP contribution in [0, 0.1) is 0 Å². The number of carbonyl (C=O) groups is 1. The SMILES string of the molecule is COc1ccc(S(=O)(=O)N(CC(=O)N/N=C\c2cccc(OCc3ccccc3)c2)C2CCCCC2)cc1OC. The normalized spacial score (nSPS) is 14.3. The zero-order valence-corrected chi connectivity index (χ0v) is 23.6. The molecule has 1 fully saturated rings. The molecule has 0 heterocycles. The quantitative estimate of drug-likeness (QED) is 0.251. The number of amides is 1. The first-order valence-corrected chi connectivity index (χ1v) is 14.7. The van der Waals surface area contributed by atoms with E-state index in [0.717, 1.165) is 30.4 Å². The van der Waals surface area contributed by atoms with Crippen molar-refractivity contribution >= 4 is 22.1 Å². The third-order valence-corrected chi connectivity index (χ3v) is 8.65. The molecule has 3 aromatic carbocycles. The molecule has 0 atom stereocenters. The number of hydrogen-bond donors (Lipinski definition) is 1. The lowest BCUT2D eigenvalue weighted by molar-refractivity contribution is -0.121. The fraction of sp³-hybridized carbons (Fsp3) is 0.333. The van der Waals surface area contributed by atoms with Crippen molar-refractivity contribution in [1.82, 2.24) is 9.73 Å². The van der Waals surface area contributed by atoms with Crippen LogP contribution in [0.5, 0.6) is 17.2 Å². The monoisotopic (exact) mass is 565 g/mol. The average molecular weight is 566 g/mol. The van der Waals surface area contributed by atoms with Gasteiger partial charge in [-0.05, 0) is 48.2 Å². The van der Waals surface area contributed by atoms with Crippen molar-refractivity contribution in [2.45, 2.75) is 49.6 Å². The first kappa shape index (κ1) is 29.1. The van der Waals surface area contributed by atoms with Gasteiger partial charge in [0.25, 0.3) is 5.91 Å². The first-order chi connectivity index (χ1) is 19.4. The number of rotatable bonds is 12. The van der Waals surface area contributed by atoms with Crippen molar-refractivity contribution in [3.63, 3.8) is 0 Å². The number of hydrogen-bond acceptors (Lipinski definition) is 7. The molecule has 1 aliphatic rings. The van der Waals surface area contributed by atoms with E-state index in [1.165, 1.54) is 36.9 Å². The Balaban J connectivity index is 1.44. The minimum absolute atomic E-state index is 0.0411. The van der Waals surface area contributed by atoms with E-state index in [0.29, 0.717) is 36.7 Å². The molecule has 3 aromatic rings. The lowest BCUT2D eigenvalue weighted by Gasteiger charge is -2.32. The van der Waals surface area contributed by atoms with Gasteiger partial charge in [-0.1, -0.05) is 61.7 Å². The molecular weight excluding hydrogens is 530 g/mol. The number of benzene rings is 3. The van der Waals surface area contributed by atoms with E-state index in [1.807, 2.05) is 54.6 Å². The Hall–Kier alpha value is -3.89. The van der Waals surface area contributed by atoms with E-state index in [9.17, 15) is 13.2 Å². The van der Waals surface area contributed by atoms with Crippen LogP contribution < -0.4 is 19.6 Å². The molecular formula is C30H35N3O6S. The van der Waals surface area contributed by atoms with Gasteiger partial charge in [-0.15, -0.1) is 0 Å². The van der Waals surface area contributed by atoms with Crippen molar-refractivity contribution in [3.05, 3.63) is 83.9 Å². The van der Waals surface area contributed by atoms with Crippen LogP contribution in [-0.4, -0.2) is 51.7 Å². The summed E-state index contributed by atoms with van der Waals surface area (Å²) in [6, 6.07) is 21.3. The highest BCUT2D eigenvalue weighted by atomic mass is 32.2. The summed E-state index contributed by atoms with van der Waals surface area (Å²) in [5.41, 5.74) is 4.27. The summed E-state index contributed by atoms with van der Waals surface area (Å²) in [5, 5.41) is 4.07. The van der Waals surface area contributed by atoms with Gasteiger partial charge in [0, 0.05) is 12.1 Å². The molecule has 4 rings (SSSR count). The van der Waals surface area contributed by atoms with Gasteiger partial charge in [0.05, 0.1) is 31.9 Å². The average Bonchev–Trinajstić information content (AvgIpc) is 2.99. The second kappa shape index (κ2) is 14.0. The zero-order valence-electron chi connectivity index (χ0n) is 22.8. The molecule has 1 aliphatic carbocycles. The van der Waals surface area contributed by atoms with E-state index >= 15 is 0 Å². The summed E-state index contributed by atoms with van der Waals surface area (Å²) in [6.07, 6.45) is 5.75. The fourth-order valence-corrected chi connectivity index (χ4v) is 6.33. The number of carbonyl (C=O) groups excluding carboxylic acids is 1. The maximum Gasteiger partial charge on any atom is 0.255 e. The molecule has 212 valence electrons. The number of methoxy groups -OCH3 is 2. The predicted octanol–water partition coefficient (Wildman–Crippen LogP) is 4.76. The number of hydrazone groups is 1. The molecule has 0 aliphatic heterocycles. The Morgan fingerprint density at radius 2 is 1.70 bits per heavy atom. The fourth-order valence-electron chi connectivity index (χ4n) is 4.67. The van der Waals surface area contributed by atoms with E-state index in [4.69, 9.17) is 14.2 Å². The summed E-state index contributed by atoms with van der Waals surface area (Å²) in [7, 11) is -1.06. The standard InChI is InChI=1S/C30H35N3O6S/c1-37-28-17-16-27(19-29(28)38-2)40(35,36)33(25-13-7-4-8-14-25)21-30(34)32-31-20-24-12-9-15-26(18-24)39-22-23-10-5-3-6-11-23/h3,5-6,9-12,15-20,25H,4,7-8,13-14,21-22H2,1-2H3,(H,32,34)/b31-20-. The smallest absolute Gasteiger partial charge is 0.255 e. The molecule has 9 nitrogen and oxygen atoms in total. The topological polar surface area (TPSA) is 107 Å². The van der Waals surface area contributed by atoms with Crippen molar-refractivity contribution in [2.24, 2.45) is 5.10 Å². The Kier molecular flexibility index (Phi) is 10.2. The molecule has 40 heavy (non-hydrogen) atoms. The van der Waals surface area contributed by atoms with Crippen LogP contribution in [0.4, 0.5) is 0 Å². The lowest BCUT2D eigenvalue weighted by Crippen LogP contribution is -2.46. The summed E-state index contributed by atoms with van der Waals surface area (Å²) in [4.78, 5) is 13.0. The van der Waals surface area contributed by atoms with Gasteiger partial charge >= 0.3 is 0 Å². The third kappa shape index (κ3) is 7.61. The van der Waals surface area contributed by atoms with E-state index in [2.05, 4.69) is 10.5 Å². The largest absolute Gasteiger partial charge is 0.493 e. The lowest BCUT2D eigenvalue weighted by atomic mass is 9.95. The molecule has 1 N–H and O–H groups in total. The first-order valence-electron chi connectivity index (χ1n) is 13.2. The molecule has 1 saturated carbocycles. The highest BCUT2D eigenvalue weighted by Crippen LogP contribution is 2.33. The van der Waals surface area contributed by atoms with Crippen LogP contribution in [0.3, 0.4) is 0 Å². The minimum atomic E-state index is -4.00. The van der Waals surface area contributed by atoms with Crippen LogP contribution in [0.1, 0.15) is 43.2 Å². The Bertz CT molecular complexity index is 1410. The van der Waals surface area contributed by atoms with E-state index in [1.54, 1.807) is 6.07 Å². The minimum Gasteiger partial charge on any atom is -0.493 e. The van der Waals surface area contributed by atoms with Gasteiger partial charge in [-0.25, -0.2) is 13.8 Å². The van der Waals surface area contributed by atoms with Crippen LogP contribution in [0.25, 0.3) is 0 Å². The maximum absolute atomic E-state index is 13.7. The number of nitrogens with one attached hydrogen (secondary N) is 1. The van der Waals surface area contributed by atoms with Gasteiger partial charge < -0.3 is 14.2 Å². The van der Waals surface area contributed by atoms with Crippen molar-refractivity contribution in [1.29, 1.82) is 0 Å². The molecule has 0 saturated heterocycles. The second-order valence-electron chi connectivity index (χ2n) is 9.50. The highest BCUT2D eigenvalue weighted by Gasteiger charge is 2.34. The van der Waals surface area contributed by atoms with Crippen molar-refractivity contribution < 1.29 is 27.4 Å². The van der Waals surface area contributed by atoms with Crippen LogP contribution >= 0.6 is 0 Å². The summed E-state index contributed by atoms with van der Waals surface area (Å²) < 4.78 is 45.1. The van der Waals surface area contributed by atoms with Crippen molar-refractivity contribution in [2.75, 3.05) is 20.8 Å². The zero-order chi connectivity index (χ0) is 28.4. The van der Waals surface area contributed by atoms with Gasteiger partial charge in [0.2, 0.25) is 10.0 Å². The Labute approximate surface area is 235 Å². The van der Waals surface area contributed by atoms with Gasteiger partial charge in [0.15, 0.2) is 11.5 Å². The summed E-state index contributed by atoms with van der Waals surface area (Å²) in [5.74, 6) is 0.870. The number of nitrogens with zero attached hydrogens (tertiary/aromatic N) is 2. The maximum atomic E-state index is 13.7. The summed E-state index contributed by atoms with van der Waals surface area (Å²) in [6.45, 7) is 0.0859. The number of ether oxygens (including phenoxy) is 3.